The van der Waals surface area contributed by atoms with Gasteiger partial charge in [0.25, 0.3) is 0 Å². The fourth-order valence-corrected chi connectivity index (χ4v) is 2.08. The van der Waals surface area contributed by atoms with Crippen LogP contribution >= 0.6 is 0 Å². The molecule has 21 heavy (non-hydrogen) atoms. The number of carbonyl (C=O) groups is 1. The highest BCUT2D eigenvalue weighted by Gasteiger charge is 2.14. The van der Waals surface area contributed by atoms with Gasteiger partial charge < -0.3 is 14.2 Å². The van der Waals surface area contributed by atoms with E-state index in [0.717, 1.165) is 0 Å². The summed E-state index contributed by atoms with van der Waals surface area (Å²) in [5, 5.41) is 0. The van der Waals surface area contributed by atoms with Gasteiger partial charge in [-0.2, -0.15) is 0 Å². The number of benzene rings is 2. The van der Waals surface area contributed by atoms with E-state index in [1.165, 1.54) is 33.5 Å². The van der Waals surface area contributed by atoms with E-state index < -0.39 is 5.82 Å². The summed E-state index contributed by atoms with van der Waals surface area (Å²) in [6.07, 6.45) is 0.694. The molecule has 0 saturated carbocycles. The van der Waals surface area contributed by atoms with Crippen molar-refractivity contribution in [2.75, 3.05) is 21.3 Å². The quantitative estimate of drug-likeness (QED) is 0.792. The molecule has 0 aromatic heterocycles. The summed E-state index contributed by atoms with van der Waals surface area (Å²) in [7, 11) is 4.38. The maximum atomic E-state index is 13.8. The highest BCUT2D eigenvalue weighted by atomic mass is 19.1. The van der Waals surface area contributed by atoms with Crippen LogP contribution in [0.4, 0.5) is 4.39 Å². The van der Waals surface area contributed by atoms with Gasteiger partial charge in [0.1, 0.15) is 0 Å². The highest BCUT2D eigenvalue weighted by molar-refractivity contribution is 5.89. The standard InChI is InChI=1S/C16H15FO4/c1-19-14-5-4-10(6-13(14)17)12-8-16(21-3)15(20-2)7-11(12)9-18/h4-9H,1-3H3. The second-order valence-electron chi connectivity index (χ2n) is 4.26. The van der Waals surface area contributed by atoms with Crippen LogP contribution in [0.25, 0.3) is 11.1 Å². The summed E-state index contributed by atoms with van der Waals surface area (Å²) in [5.41, 5.74) is 1.50. The summed E-state index contributed by atoms with van der Waals surface area (Å²) >= 11 is 0. The average molecular weight is 290 g/mol. The van der Waals surface area contributed by atoms with Crippen molar-refractivity contribution < 1.29 is 23.4 Å². The van der Waals surface area contributed by atoms with Crippen molar-refractivity contribution in [3.8, 4) is 28.4 Å². The Balaban J connectivity index is 2.61. The highest BCUT2D eigenvalue weighted by Crippen LogP contribution is 2.36. The van der Waals surface area contributed by atoms with E-state index in [9.17, 15) is 9.18 Å². The van der Waals surface area contributed by atoms with Gasteiger partial charge in [-0.3, -0.25) is 4.79 Å². The van der Waals surface area contributed by atoms with Crippen LogP contribution in [0.2, 0.25) is 0 Å². The Morgan fingerprint density at radius 1 is 0.905 bits per heavy atom. The minimum Gasteiger partial charge on any atom is -0.494 e. The molecule has 2 aromatic rings. The van der Waals surface area contributed by atoms with Crippen molar-refractivity contribution in [2.24, 2.45) is 0 Å². The Kier molecular flexibility index (Phi) is 4.42. The normalized spacial score (nSPS) is 10.1. The van der Waals surface area contributed by atoms with Crippen molar-refractivity contribution in [1.82, 2.24) is 0 Å². The Morgan fingerprint density at radius 3 is 2.05 bits per heavy atom. The lowest BCUT2D eigenvalue weighted by atomic mass is 9.99. The fourth-order valence-electron chi connectivity index (χ4n) is 2.08. The number of halogens is 1. The predicted octanol–water partition coefficient (Wildman–Crippen LogP) is 3.33. The molecule has 0 aliphatic carbocycles. The number of hydrogen-bond donors (Lipinski definition) is 0. The fraction of sp³-hybridized carbons (Fsp3) is 0.188. The second kappa shape index (κ2) is 6.26. The van der Waals surface area contributed by atoms with E-state index in [1.807, 2.05) is 0 Å². The first kappa shape index (κ1) is 14.8. The molecule has 0 heterocycles. The van der Waals surface area contributed by atoms with Crippen LogP contribution in [0, 0.1) is 5.82 Å². The molecule has 0 bridgehead atoms. The number of ether oxygens (including phenoxy) is 3. The predicted molar refractivity (Wildman–Crippen MR) is 76.9 cm³/mol. The molecule has 110 valence electrons. The Labute approximate surface area is 122 Å². The van der Waals surface area contributed by atoms with Crippen LogP contribution in [0.15, 0.2) is 30.3 Å². The SMILES string of the molecule is COc1ccc(-c2cc(OC)c(OC)cc2C=O)cc1F. The lowest BCUT2D eigenvalue weighted by Crippen LogP contribution is -1.96. The summed E-state index contributed by atoms with van der Waals surface area (Å²) in [5.74, 6) is 0.556. The molecule has 0 saturated heterocycles. The number of aldehydes is 1. The van der Waals surface area contributed by atoms with Gasteiger partial charge in [0, 0.05) is 5.56 Å². The average Bonchev–Trinajstić information content (AvgIpc) is 2.53. The van der Waals surface area contributed by atoms with Gasteiger partial charge in [0.2, 0.25) is 0 Å². The molecule has 0 atom stereocenters. The molecule has 0 aliphatic heterocycles. The van der Waals surface area contributed by atoms with E-state index in [1.54, 1.807) is 18.2 Å². The molecular weight excluding hydrogens is 275 g/mol. The van der Waals surface area contributed by atoms with Gasteiger partial charge in [0.15, 0.2) is 29.4 Å². The van der Waals surface area contributed by atoms with Crippen LogP contribution in [0.5, 0.6) is 17.2 Å². The van der Waals surface area contributed by atoms with E-state index in [2.05, 4.69) is 0 Å². The molecule has 0 radical (unpaired) electrons. The van der Waals surface area contributed by atoms with Crippen LogP contribution in [-0.4, -0.2) is 27.6 Å². The Morgan fingerprint density at radius 2 is 1.52 bits per heavy atom. The summed E-state index contributed by atoms with van der Waals surface area (Å²) in [6.45, 7) is 0. The Bertz CT molecular complexity index is 668. The van der Waals surface area contributed by atoms with Crippen LogP contribution in [0.1, 0.15) is 10.4 Å². The van der Waals surface area contributed by atoms with Crippen molar-refractivity contribution in [1.29, 1.82) is 0 Å². The number of carbonyl (C=O) groups excluding carboxylic acids is 1. The van der Waals surface area contributed by atoms with Gasteiger partial charge >= 0.3 is 0 Å². The minimum absolute atomic E-state index is 0.145. The zero-order valence-electron chi connectivity index (χ0n) is 12.0. The van der Waals surface area contributed by atoms with Gasteiger partial charge in [-0.1, -0.05) is 6.07 Å². The molecule has 0 N–H and O–H groups in total. The number of methoxy groups -OCH3 is 3. The molecule has 2 aromatic carbocycles. The third-order valence-corrected chi connectivity index (χ3v) is 3.15. The van der Waals surface area contributed by atoms with Crippen LogP contribution < -0.4 is 14.2 Å². The minimum atomic E-state index is -0.498. The smallest absolute Gasteiger partial charge is 0.165 e. The van der Waals surface area contributed by atoms with Gasteiger partial charge in [-0.15, -0.1) is 0 Å². The summed E-state index contributed by atoms with van der Waals surface area (Å²) in [4.78, 5) is 11.3. The molecule has 0 amide bonds. The van der Waals surface area contributed by atoms with Crippen molar-refractivity contribution in [2.45, 2.75) is 0 Å². The van der Waals surface area contributed by atoms with Gasteiger partial charge in [-0.05, 0) is 35.4 Å². The molecule has 0 spiro atoms. The lowest BCUT2D eigenvalue weighted by molar-refractivity contribution is 0.112. The van der Waals surface area contributed by atoms with Gasteiger partial charge in [0.05, 0.1) is 21.3 Å². The van der Waals surface area contributed by atoms with Crippen molar-refractivity contribution in [3.63, 3.8) is 0 Å². The molecule has 2 rings (SSSR count). The zero-order chi connectivity index (χ0) is 15.4. The number of rotatable bonds is 5. The molecule has 0 unspecified atom stereocenters. The summed E-state index contributed by atoms with van der Waals surface area (Å²) in [6, 6.07) is 7.70. The van der Waals surface area contributed by atoms with Crippen molar-refractivity contribution in [3.05, 3.63) is 41.7 Å². The molecule has 0 fully saturated rings. The van der Waals surface area contributed by atoms with Crippen LogP contribution in [0.3, 0.4) is 0 Å². The van der Waals surface area contributed by atoms with E-state index >= 15 is 0 Å². The number of hydrogen-bond acceptors (Lipinski definition) is 4. The first-order chi connectivity index (χ1) is 10.1. The molecule has 4 nitrogen and oxygen atoms in total. The molecule has 5 heteroatoms. The zero-order valence-corrected chi connectivity index (χ0v) is 12.0. The molecular formula is C16H15FO4. The summed E-state index contributed by atoms with van der Waals surface area (Å²) < 4.78 is 29.1. The van der Waals surface area contributed by atoms with E-state index in [4.69, 9.17) is 14.2 Å². The molecule has 0 aliphatic rings. The maximum absolute atomic E-state index is 13.8. The Hall–Kier alpha value is -2.56. The largest absolute Gasteiger partial charge is 0.494 e. The van der Waals surface area contributed by atoms with Gasteiger partial charge in [-0.25, -0.2) is 4.39 Å². The monoisotopic (exact) mass is 290 g/mol. The third kappa shape index (κ3) is 2.81. The first-order valence-electron chi connectivity index (χ1n) is 6.19. The van der Waals surface area contributed by atoms with Crippen LogP contribution in [-0.2, 0) is 0 Å². The van der Waals surface area contributed by atoms with E-state index in [-0.39, 0.29) is 5.75 Å². The first-order valence-corrected chi connectivity index (χ1v) is 6.19. The van der Waals surface area contributed by atoms with E-state index in [0.29, 0.717) is 34.5 Å². The third-order valence-electron chi connectivity index (χ3n) is 3.15. The maximum Gasteiger partial charge on any atom is 0.165 e. The lowest BCUT2D eigenvalue weighted by Gasteiger charge is -2.13. The van der Waals surface area contributed by atoms with Crippen molar-refractivity contribution >= 4 is 6.29 Å². The topological polar surface area (TPSA) is 44.8 Å². The second-order valence-corrected chi connectivity index (χ2v) is 4.26.